The van der Waals surface area contributed by atoms with Gasteiger partial charge < -0.3 is 10.3 Å². The molecule has 0 saturated heterocycles. The van der Waals surface area contributed by atoms with E-state index in [9.17, 15) is 23.7 Å². The Balaban J connectivity index is 2.29. The van der Waals surface area contributed by atoms with Crippen molar-refractivity contribution in [3.63, 3.8) is 0 Å². The third-order valence-electron chi connectivity index (χ3n) is 2.77. The van der Waals surface area contributed by atoms with Crippen LogP contribution in [-0.2, 0) is 16.7 Å². The molecule has 20 heavy (non-hydrogen) atoms. The van der Waals surface area contributed by atoms with Gasteiger partial charge in [-0.15, -0.1) is 0 Å². The average molecular weight is 294 g/mol. The summed E-state index contributed by atoms with van der Waals surface area (Å²) in [5, 5.41) is 21.5. The van der Waals surface area contributed by atoms with Crippen molar-refractivity contribution in [3.8, 4) is 0 Å². The quantitative estimate of drug-likeness (QED) is 0.365. The first-order valence-corrected chi connectivity index (χ1v) is 6.68. The maximum absolute atomic E-state index is 11.5. The van der Waals surface area contributed by atoms with Crippen molar-refractivity contribution in [3.05, 3.63) is 69.1 Å². The third kappa shape index (κ3) is 2.99. The highest BCUT2D eigenvalue weighted by Gasteiger charge is 2.19. The number of nitro groups is 1. The van der Waals surface area contributed by atoms with Gasteiger partial charge in [-0.05, 0) is 17.7 Å². The van der Waals surface area contributed by atoms with E-state index in [-0.39, 0.29) is 17.1 Å². The Morgan fingerprint density at radius 1 is 1.20 bits per heavy atom. The number of benzene rings is 1. The van der Waals surface area contributed by atoms with Crippen LogP contribution in [0.5, 0.6) is 0 Å². The minimum absolute atomic E-state index is 0.0426. The summed E-state index contributed by atoms with van der Waals surface area (Å²) in [6.45, 7) is 0. The molecular formula is C12H10N2O5S. The summed E-state index contributed by atoms with van der Waals surface area (Å²) in [6.07, 6.45) is 4.44. The minimum Gasteiger partial charge on any atom is -0.623 e. The Hall–Kier alpha value is -2.29. The lowest BCUT2D eigenvalue weighted by atomic mass is 10.0. The molecule has 0 saturated carbocycles. The van der Waals surface area contributed by atoms with Gasteiger partial charge >= 0.3 is 0 Å². The van der Waals surface area contributed by atoms with Crippen LogP contribution in [0, 0.1) is 15.3 Å². The number of rotatable bonds is 3. The number of nitro benzene ring substituents is 1. The maximum Gasteiger partial charge on any atom is 0.277 e. The zero-order valence-corrected chi connectivity index (χ0v) is 11.0. The van der Waals surface area contributed by atoms with Crippen molar-refractivity contribution in [1.82, 2.24) is 0 Å². The molecule has 104 valence electrons. The summed E-state index contributed by atoms with van der Waals surface area (Å²) in [6, 6.07) is 5.74. The first-order valence-electron chi connectivity index (χ1n) is 5.60. The van der Waals surface area contributed by atoms with Crippen LogP contribution in [-0.4, -0.2) is 18.3 Å². The highest BCUT2D eigenvalue weighted by atomic mass is 32.2. The van der Waals surface area contributed by atoms with Crippen molar-refractivity contribution >= 4 is 21.0 Å². The third-order valence-corrected chi connectivity index (χ3v) is 3.57. The molecule has 1 atom stereocenters. The second-order valence-corrected chi connectivity index (χ2v) is 4.96. The van der Waals surface area contributed by atoms with Gasteiger partial charge in [0.15, 0.2) is 0 Å². The second-order valence-electron chi connectivity index (χ2n) is 4.08. The normalized spacial score (nSPS) is 17.8. The fourth-order valence-electron chi connectivity index (χ4n) is 1.85. The van der Waals surface area contributed by atoms with Gasteiger partial charge in [-0.25, -0.2) is 0 Å². The molecule has 2 rings (SSSR count). The van der Waals surface area contributed by atoms with Gasteiger partial charge in [0.2, 0.25) is 0 Å². The van der Waals surface area contributed by atoms with Gasteiger partial charge in [-0.2, -0.15) is 8.42 Å². The molecule has 8 heteroatoms. The number of quaternary nitrogens is 1. The van der Waals surface area contributed by atoms with E-state index < -0.39 is 20.3 Å². The van der Waals surface area contributed by atoms with Gasteiger partial charge in [0, 0.05) is 24.1 Å². The average Bonchev–Trinajstić information content (AvgIpc) is 2.39. The molecule has 1 aromatic rings. The van der Waals surface area contributed by atoms with Crippen molar-refractivity contribution in [2.45, 2.75) is 6.42 Å². The maximum atomic E-state index is 11.5. The van der Waals surface area contributed by atoms with E-state index in [0.29, 0.717) is 11.1 Å². The molecule has 0 aliphatic carbocycles. The molecule has 0 aromatic heterocycles. The first kappa shape index (κ1) is 14.1. The molecule has 0 amide bonds. The molecule has 1 unspecified atom stereocenters. The molecule has 0 fully saturated rings. The molecule has 0 radical (unpaired) electrons. The van der Waals surface area contributed by atoms with E-state index in [4.69, 9.17) is 0 Å². The Kier molecular flexibility index (Phi) is 4.08. The van der Waals surface area contributed by atoms with E-state index in [1.165, 1.54) is 36.5 Å². The highest BCUT2D eigenvalue weighted by molar-refractivity contribution is 7.72. The molecule has 1 heterocycles. The number of allylic oxidation sites excluding steroid dienone is 2. The fourth-order valence-corrected chi connectivity index (χ4v) is 2.43. The second kappa shape index (κ2) is 5.78. The van der Waals surface area contributed by atoms with E-state index in [0.717, 1.165) is 0 Å². The molecular weight excluding hydrogens is 284 g/mol. The highest BCUT2D eigenvalue weighted by Crippen LogP contribution is 2.15. The summed E-state index contributed by atoms with van der Waals surface area (Å²) in [5.41, 5.74) is 1.02. The first-order chi connectivity index (χ1) is 9.49. The van der Waals surface area contributed by atoms with Crippen LogP contribution in [0.3, 0.4) is 0 Å². The van der Waals surface area contributed by atoms with E-state index in [2.05, 4.69) is 0 Å². The Morgan fingerprint density at radius 3 is 2.40 bits per heavy atom. The number of nitrogens with zero attached hydrogens (tertiary/aromatic N) is 1. The fraction of sp³-hybridized carbons (Fsp3) is 0.0833. The molecule has 1 aromatic carbocycles. The van der Waals surface area contributed by atoms with Gasteiger partial charge in [0.1, 0.15) is 6.20 Å². The number of non-ortho nitro benzene ring substituents is 1. The SMILES string of the molecule is O=[N+]([O-])c1ccc(CC2=CC=C[NH+]([O-])C2=S(=O)=O)cc1. The van der Waals surface area contributed by atoms with Crippen molar-refractivity contribution in [2.24, 2.45) is 0 Å². The van der Waals surface area contributed by atoms with Crippen LogP contribution in [0.4, 0.5) is 5.69 Å². The standard InChI is InChI=1S/C12H10N2O5S/c15-13-7-1-2-10(12(13)20(18)19)8-9-3-5-11(6-4-9)14(16)17/h1-7,13H,8H2. The summed E-state index contributed by atoms with van der Waals surface area (Å²) >= 11 is 0. The van der Waals surface area contributed by atoms with Crippen LogP contribution >= 0.6 is 0 Å². The van der Waals surface area contributed by atoms with Crippen LogP contribution in [0.25, 0.3) is 0 Å². The lowest BCUT2D eigenvalue weighted by molar-refractivity contribution is -0.680. The Labute approximate surface area is 115 Å². The zero-order chi connectivity index (χ0) is 14.7. The smallest absolute Gasteiger partial charge is 0.277 e. The molecule has 0 spiro atoms. The topological polar surface area (TPSA) is 105 Å². The number of hydrogen-bond acceptors (Lipinski definition) is 5. The number of hydroxylamine groups is 2. The Bertz CT molecular complexity index is 724. The summed E-state index contributed by atoms with van der Waals surface area (Å²) < 4.78 is 22.2. The van der Waals surface area contributed by atoms with Crippen LogP contribution in [0.2, 0.25) is 0 Å². The minimum atomic E-state index is -2.61. The lowest BCUT2D eigenvalue weighted by Crippen LogP contribution is -3.06. The monoisotopic (exact) mass is 294 g/mol. The molecule has 0 bridgehead atoms. The van der Waals surface area contributed by atoms with Gasteiger partial charge in [0.25, 0.3) is 21.0 Å². The largest absolute Gasteiger partial charge is 0.623 e. The zero-order valence-electron chi connectivity index (χ0n) is 10.1. The van der Waals surface area contributed by atoms with Gasteiger partial charge in [-0.3, -0.25) is 10.1 Å². The van der Waals surface area contributed by atoms with E-state index >= 15 is 0 Å². The molecule has 1 N–H and O–H groups in total. The van der Waals surface area contributed by atoms with E-state index in [1.54, 1.807) is 6.08 Å². The van der Waals surface area contributed by atoms with Gasteiger partial charge in [0.05, 0.1) is 4.92 Å². The summed E-state index contributed by atoms with van der Waals surface area (Å²) in [4.78, 5) is 9.77. The van der Waals surface area contributed by atoms with Gasteiger partial charge in [-0.1, -0.05) is 12.1 Å². The van der Waals surface area contributed by atoms with E-state index in [1.807, 2.05) is 0 Å². The van der Waals surface area contributed by atoms with Crippen LogP contribution < -0.4 is 5.06 Å². The van der Waals surface area contributed by atoms with Crippen molar-refractivity contribution in [2.75, 3.05) is 0 Å². The number of hydrogen-bond donors (Lipinski definition) is 1. The molecule has 1 aliphatic rings. The summed E-state index contributed by atoms with van der Waals surface area (Å²) in [5.74, 6) is 0. The van der Waals surface area contributed by atoms with Crippen LogP contribution in [0.1, 0.15) is 5.56 Å². The molecule has 1 aliphatic heterocycles. The molecule has 7 nitrogen and oxygen atoms in total. The Morgan fingerprint density at radius 2 is 1.85 bits per heavy atom. The predicted octanol–water partition coefficient (Wildman–Crippen LogP) is -0.0173. The van der Waals surface area contributed by atoms with Crippen molar-refractivity contribution in [1.29, 1.82) is 0 Å². The number of nitrogens with one attached hydrogen (secondary N) is 1. The predicted molar refractivity (Wildman–Crippen MR) is 72.3 cm³/mol. The van der Waals surface area contributed by atoms with Crippen molar-refractivity contribution < 1.29 is 18.4 Å². The lowest BCUT2D eigenvalue weighted by Gasteiger charge is -2.21. The summed E-state index contributed by atoms with van der Waals surface area (Å²) in [7, 11) is -2.61. The van der Waals surface area contributed by atoms with Crippen LogP contribution in [0.15, 0.2) is 48.2 Å².